The van der Waals surface area contributed by atoms with E-state index in [1.54, 1.807) is 13.1 Å². The molecule has 1 aromatic heterocycles. The van der Waals surface area contributed by atoms with Crippen molar-refractivity contribution in [3.63, 3.8) is 0 Å². The zero-order chi connectivity index (χ0) is 20.9. The lowest BCUT2D eigenvalue weighted by Gasteiger charge is -2.38. The van der Waals surface area contributed by atoms with E-state index < -0.39 is 10.0 Å². The molecule has 0 bridgehead atoms. The van der Waals surface area contributed by atoms with Crippen LogP contribution >= 0.6 is 0 Å². The maximum atomic E-state index is 12.6. The summed E-state index contributed by atoms with van der Waals surface area (Å²) in [6, 6.07) is 2.03. The molecule has 0 amide bonds. The molecular weight excluding hydrogens is 392 g/mol. The number of guanidine groups is 1. The molecule has 1 unspecified atom stereocenters. The standard InChI is InChI=1S/C19H34N6O3S/c1-16-4-7-23(8-5-16)17(2)14-21-19(20-3)24-9-11-25(12-10-24)29(26,27)15-18-6-13-28-22-18/h6,13,16-17H,4-5,7-12,14-15H2,1-3H3,(H,20,21). The maximum absolute atomic E-state index is 12.6. The van der Waals surface area contributed by atoms with Gasteiger partial charge in [-0.15, -0.1) is 0 Å². The number of aliphatic imine (C=N–C) groups is 1. The van der Waals surface area contributed by atoms with Gasteiger partial charge in [0.05, 0.1) is 5.69 Å². The number of likely N-dealkylation sites (tertiary alicyclic amines) is 1. The van der Waals surface area contributed by atoms with Crippen molar-refractivity contribution in [2.45, 2.75) is 38.5 Å². The van der Waals surface area contributed by atoms with Crippen molar-refractivity contribution >= 4 is 16.0 Å². The third-order valence-electron chi connectivity index (χ3n) is 5.96. The predicted molar refractivity (Wildman–Crippen MR) is 113 cm³/mol. The normalized spacial score (nSPS) is 22.0. The van der Waals surface area contributed by atoms with Crippen molar-refractivity contribution in [3.8, 4) is 0 Å². The van der Waals surface area contributed by atoms with Crippen molar-refractivity contribution in [3.05, 3.63) is 18.0 Å². The highest BCUT2D eigenvalue weighted by Crippen LogP contribution is 2.18. The number of hydrogen-bond acceptors (Lipinski definition) is 6. The summed E-state index contributed by atoms with van der Waals surface area (Å²) in [5, 5.41) is 7.19. The Kier molecular flexibility index (Phi) is 7.53. The van der Waals surface area contributed by atoms with Gasteiger partial charge < -0.3 is 14.7 Å². The molecule has 0 saturated carbocycles. The van der Waals surface area contributed by atoms with Crippen LogP contribution in [0.2, 0.25) is 0 Å². The number of nitrogens with one attached hydrogen (secondary N) is 1. The molecule has 2 fully saturated rings. The summed E-state index contributed by atoms with van der Waals surface area (Å²) in [6.07, 6.45) is 3.93. The summed E-state index contributed by atoms with van der Waals surface area (Å²) in [4.78, 5) is 9.08. The maximum Gasteiger partial charge on any atom is 0.220 e. The second-order valence-electron chi connectivity index (χ2n) is 8.13. The fourth-order valence-electron chi connectivity index (χ4n) is 3.94. The minimum absolute atomic E-state index is 0.123. The molecule has 1 N–H and O–H groups in total. The predicted octanol–water partition coefficient (Wildman–Crippen LogP) is 0.818. The van der Waals surface area contributed by atoms with Crippen LogP contribution in [0.5, 0.6) is 0 Å². The number of aromatic nitrogens is 1. The summed E-state index contributed by atoms with van der Waals surface area (Å²) in [6.45, 7) is 9.86. The van der Waals surface area contributed by atoms with E-state index in [0.717, 1.165) is 31.5 Å². The quantitative estimate of drug-likeness (QED) is 0.531. The van der Waals surface area contributed by atoms with Crippen molar-refractivity contribution in [2.75, 3.05) is 52.9 Å². The zero-order valence-corrected chi connectivity index (χ0v) is 18.6. The first-order chi connectivity index (χ1) is 13.9. The van der Waals surface area contributed by atoms with Crippen LogP contribution in [0.4, 0.5) is 0 Å². The molecular formula is C19H34N6O3S. The van der Waals surface area contributed by atoms with Gasteiger partial charge in [-0.05, 0) is 38.8 Å². The number of rotatable bonds is 6. The number of sulfonamides is 1. The number of piperidine rings is 1. The van der Waals surface area contributed by atoms with Gasteiger partial charge in [-0.2, -0.15) is 4.31 Å². The molecule has 1 atom stereocenters. The lowest BCUT2D eigenvalue weighted by atomic mass is 9.98. The summed E-state index contributed by atoms with van der Waals surface area (Å²) < 4.78 is 31.4. The largest absolute Gasteiger partial charge is 0.364 e. The van der Waals surface area contributed by atoms with Crippen LogP contribution in [-0.4, -0.2) is 92.5 Å². The molecule has 0 aliphatic carbocycles. The zero-order valence-electron chi connectivity index (χ0n) is 17.7. The SMILES string of the molecule is CN=C(NCC(C)N1CCC(C)CC1)N1CCN(S(=O)(=O)Cc2ccon2)CC1. The Balaban J connectivity index is 1.46. The second-order valence-corrected chi connectivity index (χ2v) is 10.1. The summed E-state index contributed by atoms with van der Waals surface area (Å²) in [7, 11) is -1.61. The molecule has 1 aromatic rings. The van der Waals surface area contributed by atoms with Gasteiger partial charge in [-0.3, -0.25) is 9.89 Å². The van der Waals surface area contributed by atoms with E-state index in [1.165, 1.54) is 23.4 Å². The molecule has 29 heavy (non-hydrogen) atoms. The van der Waals surface area contributed by atoms with Crippen LogP contribution < -0.4 is 5.32 Å². The lowest BCUT2D eigenvalue weighted by molar-refractivity contribution is 0.146. The molecule has 3 rings (SSSR count). The monoisotopic (exact) mass is 426 g/mol. The average Bonchev–Trinajstić information content (AvgIpc) is 3.21. The van der Waals surface area contributed by atoms with E-state index in [0.29, 0.717) is 37.9 Å². The molecule has 3 heterocycles. The first-order valence-electron chi connectivity index (χ1n) is 10.5. The summed E-state index contributed by atoms with van der Waals surface area (Å²) in [5.74, 6) is 1.55. The van der Waals surface area contributed by atoms with E-state index in [9.17, 15) is 8.42 Å². The smallest absolute Gasteiger partial charge is 0.220 e. The number of piperazine rings is 1. The van der Waals surface area contributed by atoms with Gasteiger partial charge in [0.25, 0.3) is 0 Å². The second kappa shape index (κ2) is 9.90. The van der Waals surface area contributed by atoms with Crippen LogP contribution in [-0.2, 0) is 15.8 Å². The topological polar surface area (TPSA) is 94.3 Å². The number of nitrogens with zero attached hydrogens (tertiary/aromatic N) is 5. The molecule has 164 valence electrons. The summed E-state index contributed by atoms with van der Waals surface area (Å²) in [5.41, 5.74) is 0.436. The Labute approximate surface area is 174 Å². The fraction of sp³-hybridized carbons (Fsp3) is 0.789. The van der Waals surface area contributed by atoms with Crippen molar-refractivity contribution in [1.29, 1.82) is 0 Å². The molecule has 2 aliphatic rings. The van der Waals surface area contributed by atoms with E-state index in [1.807, 2.05) is 0 Å². The Morgan fingerprint density at radius 3 is 2.55 bits per heavy atom. The number of hydrogen-bond donors (Lipinski definition) is 1. The van der Waals surface area contributed by atoms with E-state index >= 15 is 0 Å². The Morgan fingerprint density at radius 1 is 1.28 bits per heavy atom. The van der Waals surface area contributed by atoms with Gasteiger partial charge in [0.15, 0.2) is 5.96 Å². The van der Waals surface area contributed by atoms with Gasteiger partial charge in [0, 0.05) is 51.9 Å². The first kappa shape index (κ1) is 22.0. The molecule has 0 radical (unpaired) electrons. The molecule has 9 nitrogen and oxygen atoms in total. The van der Waals surface area contributed by atoms with Crippen LogP contribution in [0, 0.1) is 5.92 Å². The molecule has 0 aromatic carbocycles. The molecule has 2 saturated heterocycles. The van der Waals surface area contributed by atoms with Crippen LogP contribution in [0.25, 0.3) is 0 Å². The van der Waals surface area contributed by atoms with Crippen LogP contribution in [0.3, 0.4) is 0 Å². The van der Waals surface area contributed by atoms with Gasteiger partial charge in [0.1, 0.15) is 12.0 Å². The van der Waals surface area contributed by atoms with Crippen molar-refractivity contribution < 1.29 is 12.9 Å². The average molecular weight is 427 g/mol. The third-order valence-corrected chi connectivity index (χ3v) is 7.77. The van der Waals surface area contributed by atoms with E-state index in [-0.39, 0.29) is 5.75 Å². The Hall–Kier alpha value is -1.65. The van der Waals surface area contributed by atoms with E-state index in [2.05, 4.69) is 39.1 Å². The highest BCUT2D eigenvalue weighted by molar-refractivity contribution is 7.88. The fourth-order valence-corrected chi connectivity index (χ4v) is 5.36. The van der Waals surface area contributed by atoms with Crippen molar-refractivity contribution in [1.82, 2.24) is 24.6 Å². The molecule has 0 spiro atoms. The highest BCUT2D eigenvalue weighted by Gasteiger charge is 2.29. The minimum Gasteiger partial charge on any atom is -0.364 e. The lowest BCUT2D eigenvalue weighted by Crippen LogP contribution is -2.55. The minimum atomic E-state index is -3.39. The Morgan fingerprint density at radius 2 is 1.97 bits per heavy atom. The molecule has 10 heteroatoms. The molecule has 2 aliphatic heterocycles. The summed E-state index contributed by atoms with van der Waals surface area (Å²) >= 11 is 0. The van der Waals surface area contributed by atoms with Gasteiger partial charge in [0.2, 0.25) is 10.0 Å². The van der Waals surface area contributed by atoms with Gasteiger partial charge >= 0.3 is 0 Å². The van der Waals surface area contributed by atoms with Crippen molar-refractivity contribution in [2.24, 2.45) is 10.9 Å². The van der Waals surface area contributed by atoms with Crippen LogP contribution in [0.1, 0.15) is 32.4 Å². The first-order valence-corrected chi connectivity index (χ1v) is 12.1. The third kappa shape index (κ3) is 5.93. The van der Waals surface area contributed by atoms with Gasteiger partial charge in [-0.25, -0.2) is 8.42 Å². The Bertz CT molecular complexity index is 751. The highest BCUT2D eigenvalue weighted by atomic mass is 32.2. The van der Waals surface area contributed by atoms with Crippen LogP contribution in [0.15, 0.2) is 21.8 Å². The van der Waals surface area contributed by atoms with E-state index in [4.69, 9.17) is 4.52 Å². The van der Waals surface area contributed by atoms with Gasteiger partial charge in [-0.1, -0.05) is 12.1 Å².